The highest BCUT2D eigenvalue weighted by Gasteiger charge is 2.29. The summed E-state index contributed by atoms with van der Waals surface area (Å²) in [5.41, 5.74) is 8.73. The molecule has 1 heterocycles. The molecule has 0 bridgehead atoms. The van der Waals surface area contributed by atoms with Crippen LogP contribution in [0.25, 0.3) is 0 Å². The van der Waals surface area contributed by atoms with Gasteiger partial charge in [-0.05, 0) is 24.0 Å². The van der Waals surface area contributed by atoms with Crippen LogP contribution in [-0.2, 0) is 17.6 Å². The van der Waals surface area contributed by atoms with Gasteiger partial charge in [0.25, 0.3) is 0 Å². The Morgan fingerprint density at radius 3 is 2.41 bits per heavy atom. The van der Waals surface area contributed by atoms with E-state index in [2.05, 4.69) is 42.4 Å². The van der Waals surface area contributed by atoms with E-state index in [9.17, 15) is 5.11 Å². The van der Waals surface area contributed by atoms with Crippen LogP contribution in [0.4, 0.5) is 5.69 Å². The van der Waals surface area contributed by atoms with E-state index in [1.807, 2.05) is 0 Å². The third-order valence-corrected chi connectivity index (χ3v) is 4.22. The van der Waals surface area contributed by atoms with Gasteiger partial charge in [-0.15, -0.1) is 0 Å². The molecule has 1 aromatic rings. The van der Waals surface area contributed by atoms with Crippen LogP contribution in [0.3, 0.4) is 0 Å². The molecule has 0 atom stereocenters. The molecule has 0 radical (unpaired) electrons. The minimum absolute atomic E-state index is 0.310. The molecule has 4 N–H and O–H groups in total. The van der Waals surface area contributed by atoms with Gasteiger partial charge in [-0.25, -0.2) is 0 Å². The first-order valence-corrected chi connectivity index (χ1v) is 8.06. The summed E-state index contributed by atoms with van der Waals surface area (Å²) in [6.07, 6.45) is 3.08. The largest absolute Gasteiger partial charge is 0.388 e. The van der Waals surface area contributed by atoms with E-state index in [4.69, 9.17) is 10.5 Å². The summed E-state index contributed by atoms with van der Waals surface area (Å²) in [5.74, 6) is 0.357. The molecular weight excluding hydrogens is 278 g/mol. The highest BCUT2D eigenvalue weighted by atomic mass is 16.5. The van der Waals surface area contributed by atoms with Gasteiger partial charge in [0.05, 0.1) is 12.1 Å². The van der Waals surface area contributed by atoms with Crippen molar-refractivity contribution in [3.63, 3.8) is 0 Å². The van der Waals surface area contributed by atoms with E-state index in [0.717, 1.165) is 18.5 Å². The first-order valence-electron chi connectivity index (χ1n) is 8.06. The summed E-state index contributed by atoms with van der Waals surface area (Å²) < 4.78 is 5.27. The molecule has 1 aliphatic heterocycles. The number of aliphatic hydroxyl groups is 1. The quantitative estimate of drug-likeness (QED) is 0.575. The predicted octanol–water partition coefficient (Wildman–Crippen LogP) is 2.08. The Bertz CT molecular complexity index is 500. The summed E-state index contributed by atoms with van der Waals surface area (Å²) >= 11 is 0. The van der Waals surface area contributed by atoms with E-state index in [0.29, 0.717) is 38.6 Å². The van der Waals surface area contributed by atoms with Crippen LogP contribution in [0.15, 0.2) is 23.2 Å². The van der Waals surface area contributed by atoms with Gasteiger partial charge in [-0.1, -0.05) is 32.0 Å². The van der Waals surface area contributed by atoms with Crippen LogP contribution in [0.2, 0.25) is 0 Å². The van der Waals surface area contributed by atoms with Gasteiger partial charge in [0, 0.05) is 31.7 Å². The number of aryl methyl sites for hydroxylation is 2. The van der Waals surface area contributed by atoms with E-state index in [1.165, 1.54) is 11.1 Å². The van der Waals surface area contributed by atoms with Crippen LogP contribution >= 0.6 is 0 Å². The molecule has 2 rings (SSSR count). The minimum Gasteiger partial charge on any atom is -0.388 e. The van der Waals surface area contributed by atoms with Gasteiger partial charge in [-0.3, -0.25) is 4.99 Å². The van der Waals surface area contributed by atoms with Crippen LogP contribution in [0.1, 0.15) is 37.8 Å². The molecule has 0 amide bonds. The number of nitrogens with zero attached hydrogens (tertiary/aromatic N) is 1. The van der Waals surface area contributed by atoms with E-state index < -0.39 is 5.60 Å². The zero-order valence-corrected chi connectivity index (χ0v) is 13.6. The fraction of sp³-hybridized carbons (Fsp3) is 0.588. The number of hydrogen-bond donors (Lipinski definition) is 3. The van der Waals surface area contributed by atoms with Gasteiger partial charge >= 0.3 is 0 Å². The van der Waals surface area contributed by atoms with Crippen molar-refractivity contribution in [2.45, 2.75) is 45.1 Å². The number of hydrogen-bond acceptors (Lipinski definition) is 3. The van der Waals surface area contributed by atoms with E-state index in [1.54, 1.807) is 0 Å². The smallest absolute Gasteiger partial charge is 0.193 e. The van der Waals surface area contributed by atoms with Crippen molar-refractivity contribution in [1.82, 2.24) is 0 Å². The van der Waals surface area contributed by atoms with Crippen molar-refractivity contribution in [2.24, 2.45) is 10.7 Å². The summed E-state index contributed by atoms with van der Waals surface area (Å²) in [6, 6.07) is 6.27. The number of nitrogens with two attached hydrogens (primary N) is 1. The lowest BCUT2D eigenvalue weighted by Crippen LogP contribution is -2.40. The summed E-state index contributed by atoms with van der Waals surface area (Å²) in [5, 5.41) is 13.6. The number of anilines is 1. The van der Waals surface area contributed by atoms with Crippen molar-refractivity contribution in [3.8, 4) is 0 Å². The Kier molecular flexibility index (Phi) is 5.80. The second-order valence-electron chi connectivity index (χ2n) is 5.82. The van der Waals surface area contributed by atoms with Crippen molar-refractivity contribution in [2.75, 3.05) is 25.1 Å². The molecule has 5 nitrogen and oxygen atoms in total. The lowest BCUT2D eigenvalue weighted by molar-refractivity contribution is -0.0565. The monoisotopic (exact) mass is 305 g/mol. The minimum atomic E-state index is -0.789. The molecule has 0 unspecified atom stereocenters. The van der Waals surface area contributed by atoms with E-state index in [-0.39, 0.29) is 0 Å². The molecule has 0 saturated carbocycles. The average molecular weight is 305 g/mol. The zero-order valence-electron chi connectivity index (χ0n) is 13.6. The highest BCUT2D eigenvalue weighted by Crippen LogP contribution is 2.23. The van der Waals surface area contributed by atoms with Crippen LogP contribution in [0.5, 0.6) is 0 Å². The summed E-state index contributed by atoms with van der Waals surface area (Å²) in [6.45, 7) is 5.72. The molecule has 1 fully saturated rings. The highest BCUT2D eigenvalue weighted by molar-refractivity contribution is 5.93. The van der Waals surface area contributed by atoms with Crippen LogP contribution in [-0.4, -0.2) is 36.4 Å². The normalized spacial score (nSPS) is 18.2. The number of rotatable bonds is 5. The standard InChI is InChI=1S/C17H27N3O2/c1-3-13-6-5-7-14(4-2)15(13)20-16(18)19-12-17(21)8-10-22-11-9-17/h5-7,21H,3-4,8-12H2,1-2H3,(H3,18,19,20). The Hall–Kier alpha value is -1.59. The lowest BCUT2D eigenvalue weighted by atomic mass is 9.95. The molecule has 5 heteroatoms. The number of guanidine groups is 1. The second-order valence-corrected chi connectivity index (χ2v) is 5.82. The Morgan fingerprint density at radius 2 is 1.86 bits per heavy atom. The molecule has 0 aromatic heterocycles. The fourth-order valence-corrected chi connectivity index (χ4v) is 2.71. The van der Waals surface area contributed by atoms with Gasteiger partial charge in [0.2, 0.25) is 0 Å². The molecule has 122 valence electrons. The molecular formula is C17H27N3O2. The van der Waals surface area contributed by atoms with Crippen molar-refractivity contribution in [1.29, 1.82) is 0 Å². The third kappa shape index (κ3) is 4.21. The first kappa shape index (κ1) is 16.8. The Labute approximate surface area is 132 Å². The molecule has 1 saturated heterocycles. The van der Waals surface area contributed by atoms with Gasteiger partial charge in [-0.2, -0.15) is 0 Å². The summed E-state index contributed by atoms with van der Waals surface area (Å²) in [4.78, 5) is 4.34. The number of ether oxygens (including phenoxy) is 1. The Balaban J connectivity index is 2.08. The first-order chi connectivity index (χ1) is 10.6. The molecule has 1 aliphatic rings. The van der Waals surface area contributed by atoms with Gasteiger partial charge in [0.1, 0.15) is 0 Å². The lowest BCUT2D eigenvalue weighted by Gasteiger charge is -2.30. The SMILES string of the molecule is CCc1cccc(CC)c1NC(N)=NCC1(O)CCOCC1. The van der Waals surface area contributed by atoms with Crippen molar-refractivity contribution >= 4 is 11.6 Å². The maximum Gasteiger partial charge on any atom is 0.193 e. The molecule has 1 aromatic carbocycles. The second kappa shape index (κ2) is 7.61. The molecule has 22 heavy (non-hydrogen) atoms. The number of para-hydroxylation sites is 1. The zero-order chi connectivity index (χ0) is 16.0. The molecule has 0 spiro atoms. The molecule has 0 aliphatic carbocycles. The third-order valence-electron chi connectivity index (χ3n) is 4.22. The topological polar surface area (TPSA) is 79.9 Å². The van der Waals surface area contributed by atoms with Crippen LogP contribution < -0.4 is 11.1 Å². The fourth-order valence-electron chi connectivity index (χ4n) is 2.71. The van der Waals surface area contributed by atoms with Crippen molar-refractivity contribution < 1.29 is 9.84 Å². The van der Waals surface area contributed by atoms with Gasteiger partial charge < -0.3 is 20.9 Å². The maximum atomic E-state index is 10.4. The average Bonchev–Trinajstić information content (AvgIpc) is 2.54. The predicted molar refractivity (Wildman–Crippen MR) is 90.3 cm³/mol. The summed E-state index contributed by atoms with van der Waals surface area (Å²) in [7, 11) is 0. The Morgan fingerprint density at radius 1 is 1.27 bits per heavy atom. The van der Waals surface area contributed by atoms with Gasteiger partial charge in [0.15, 0.2) is 5.96 Å². The number of nitrogens with one attached hydrogen (secondary N) is 1. The number of aliphatic imine (C=N–C) groups is 1. The van der Waals surface area contributed by atoms with E-state index >= 15 is 0 Å². The maximum absolute atomic E-state index is 10.4. The van der Waals surface area contributed by atoms with Crippen LogP contribution in [0, 0.1) is 0 Å². The number of benzene rings is 1. The van der Waals surface area contributed by atoms with Crippen molar-refractivity contribution in [3.05, 3.63) is 29.3 Å².